The molecule has 1 saturated carbocycles. The normalized spacial score (nSPS) is 14.9. The van der Waals surface area contributed by atoms with E-state index in [2.05, 4.69) is 15.1 Å². The molecule has 1 fully saturated rings. The van der Waals surface area contributed by atoms with Crippen molar-refractivity contribution in [3.05, 3.63) is 54.1 Å². The summed E-state index contributed by atoms with van der Waals surface area (Å²) < 4.78 is 6.76. The quantitative estimate of drug-likeness (QED) is 0.678. The maximum Gasteiger partial charge on any atom is 0.316 e. The van der Waals surface area contributed by atoms with E-state index in [1.807, 2.05) is 42.9 Å². The molecule has 0 bridgehead atoms. The van der Waals surface area contributed by atoms with E-state index < -0.39 is 5.41 Å². The van der Waals surface area contributed by atoms with E-state index in [1.54, 1.807) is 18.6 Å². The lowest BCUT2D eigenvalue weighted by atomic mass is 9.95. The molecule has 132 valence electrons. The van der Waals surface area contributed by atoms with Crippen LogP contribution in [0, 0.1) is 6.92 Å². The minimum atomic E-state index is -0.444. The molecule has 6 heteroatoms. The predicted octanol–water partition coefficient (Wildman–Crippen LogP) is 3.06. The summed E-state index contributed by atoms with van der Waals surface area (Å²) in [5, 5.41) is 4.24. The van der Waals surface area contributed by atoms with Gasteiger partial charge in [0.1, 0.15) is 0 Å². The molecule has 0 N–H and O–H groups in total. The summed E-state index contributed by atoms with van der Waals surface area (Å²) in [6.07, 6.45) is 7.03. The van der Waals surface area contributed by atoms with Gasteiger partial charge in [0.2, 0.25) is 0 Å². The summed E-state index contributed by atoms with van der Waals surface area (Å²) >= 11 is 0. The maximum absolute atomic E-state index is 12.0. The van der Waals surface area contributed by atoms with Crippen molar-refractivity contribution in [1.82, 2.24) is 19.7 Å². The Morgan fingerprint density at radius 3 is 2.23 bits per heavy atom. The van der Waals surface area contributed by atoms with Crippen molar-refractivity contribution in [2.75, 3.05) is 7.11 Å². The first-order chi connectivity index (χ1) is 12.5. The Balaban J connectivity index is 1.59. The van der Waals surface area contributed by atoms with Crippen LogP contribution in [0.3, 0.4) is 0 Å². The van der Waals surface area contributed by atoms with E-state index in [9.17, 15) is 4.79 Å². The van der Waals surface area contributed by atoms with E-state index in [1.165, 1.54) is 7.11 Å². The van der Waals surface area contributed by atoms with Gasteiger partial charge in [-0.25, -0.2) is 0 Å². The van der Waals surface area contributed by atoms with E-state index in [-0.39, 0.29) is 5.97 Å². The number of esters is 1. The lowest BCUT2D eigenvalue weighted by Gasteiger charge is -2.13. The fraction of sp³-hybridized carbons (Fsp3) is 0.300. The van der Waals surface area contributed by atoms with Crippen molar-refractivity contribution >= 4 is 5.97 Å². The minimum Gasteiger partial charge on any atom is -0.468 e. The minimum absolute atomic E-state index is 0.152. The van der Waals surface area contributed by atoms with Crippen molar-refractivity contribution in [1.29, 1.82) is 0 Å². The molecule has 2 heterocycles. The highest BCUT2D eigenvalue weighted by Crippen LogP contribution is 2.49. The molecule has 1 aliphatic carbocycles. The molecule has 0 aliphatic heterocycles. The molecule has 0 spiro atoms. The summed E-state index contributed by atoms with van der Waals surface area (Å²) in [5.74, 6) is -0.152. The number of hydrogen-bond donors (Lipinski definition) is 0. The van der Waals surface area contributed by atoms with Gasteiger partial charge in [0, 0.05) is 23.9 Å². The van der Waals surface area contributed by atoms with Gasteiger partial charge in [0.15, 0.2) is 0 Å². The summed E-state index contributed by atoms with van der Waals surface area (Å²) in [6, 6.07) is 7.94. The molecule has 3 aromatic rings. The molecule has 6 nitrogen and oxygen atoms in total. The smallest absolute Gasteiger partial charge is 0.316 e. The molecule has 0 unspecified atom stereocenters. The molecule has 0 amide bonds. The van der Waals surface area contributed by atoms with Gasteiger partial charge < -0.3 is 4.74 Å². The number of aryl methyl sites for hydroxylation is 1. The topological polar surface area (TPSA) is 69.9 Å². The van der Waals surface area contributed by atoms with Crippen LogP contribution in [-0.2, 0) is 22.0 Å². The van der Waals surface area contributed by atoms with E-state index in [4.69, 9.17) is 4.74 Å². The average molecular weight is 348 g/mol. The number of aromatic nitrogens is 4. The summed E-state index contributed by atoms with van der Waals surface area (Å²) in [4.78, 5) is 21.1. The zero-order chi connectivity index (χ0) is 18.3. The number of ether oxygens (including phenoxy) is 1. The Bertz CT molecular complexity index is 954. The molecule has 0 atom stereocenters. The Kier molecular flexibility index (Phi) is 3.83. The highest BCUT2D eigenvalue weighted by molar-refractivity contribution is 5.86. The molecule has 2 aromatic heterocycles. The van der Waals surface area contributed by atoms with Crippen LogP contribution < -0.4 is 0 Å². The number of carbonyl (C=O) groups is 1. The van der Waals surface area contributed by atoms with Gasteiger partial charge in [-0.05, 0) is 25.3 Å². The van der Waals surface area contributed by atoms with Crippen LogP contribution in [0.1, 0.15) is 24.1 Å². The molecule has 1 aromatic carbocycles. The second kappa shape index (κ2) is 6.05. The van der Waals surface area contributed by atoms with Crippen LogP contribution in [-0.4, -0.2) is 32.8 Å². The van der Waals surface area contributed by atoms with Crippen LogP contribution in [0.4, 0.5) is 0 Å². The van der Waals surface area contributed by atoms with Crippen LogP contribution in [0.5, 0.6) is 0 Å². The van der Waals surface area contributed by atoms with Gasteiger partial charge in [-0.1, -0.05) is 24.3 Å². The third-order valence-electron chi connectivity index (χ3n) is 5.22. The first-order valence-corrected chi connectivity index (χ1v) is 8.55. The van der Waals surface area contributed by atoms with Crippen LogP contribution >= 0.6 is 0 Å². The van der Waals surface area contributed by atoms with Gasteiger partial charge in [0.05, 0.1) is 42.5 Å². The van der Waals surface area contributed by atoms with Gasteiger partial charge in [0.25, 0.3) is 0 Å². The molecular formula is C20H20N4O2. The highest BCUT2D eigenvalue weighted by atomic mass is 16.5. The van der Waals surface area contributed by atoms with Crippen LogP contribution in [0.2, 0.25) is 0 Å². The zero-order valence-electron chi connectivity index (χ0n) is 15.1. The maximum atomic E-state index is 12.0. The number of nitrogens with zero attached hydrogens (tertiary/aromatic N) is 4. The monoisotopic (exact) mass is 348 g/mol. The number of carbonyl (C=O) groups excluding carboxylic acids is 1. The third kappa shape index (κ3) is 2.58. The zero-order valence-corrected chi connectivity index (χ0v) is 15.1. The third-order valence-corrected chi connectivity index (χ3v) is 5.22. The summed E-state index contributed by atoms with van der Waals surface area (Å²) in [6.45, 7) is 2.01. The Morgan fingerprint density at radius 1 is 1.08 bits per heavy atom. The van der Waals surface area contributed by atoms with Crippen molar-refractivity contribution in [3.63, 3.8) is 0 Å². The second-order valence-electron chi connectivity index (χ2n) is 6.71. The average Bonchev–Trinajstić information content (AvgIpc) is 3.43. The Labute approximate surface area is 151 Å². The van der Waals surface area contributed by atoms with E-state index >= 15 is 0 Å². The van der Waals surface area contributed by atoms with Gasteiger partial charge in [-0.3, -0.25) is 19.4 Å². The number of benzene rings is 1. The first kappa shape index (κ1) is 16.4. The standard InChI is InChI=1S/C20H20N4O2/c1-13-16(10-23-24(13)2)18-12-21-17(11-22-18)14-4-6-15(7-5-14)20(8-9-20)19(25)26-3/h4-7,10-12H,8-9H2,1-3H3. The fourth-order valence-corrected chi connectivity index (χ4v) is 3.26. The van der Waals surface area contributed by atoms with Crippen LogP contribution in [0.25, 0.3) is 22.5 Å². The van der Waals surface area contributed by atoms with E-state index in [0.29, 0.717) is 0 Å². The van der Waals surface area contributed by atoms with Crippen LogP contribution in [0.15, 0.2) is 42.9 Å². The van der Waals surface area contributed by atoms with Crippen molar-refractivity contribution < 1.29 is 9.53 Å². The van der Waals surface area contributed by atoms with Crippen molar-refractivity contribution in [2.45, 2.75) is 25.2 Å². The van der Waals surface area contributed by atoms with Gasteiger partial charge >= 0.3 is 5.97 Å². The molecule has 1 aliphatic rings. The molecular weight excluding hydrogens is 328 g/mol. The van der Waals surface area contributed by atoms with Crippen molar-refractivity contribution in [2.24, 2.45) is 7.05 Å². The second-order valence-corrected chi connectivity index (χ2v) is 6.71. The Morgan fingerprint density at radius 2 is 1.73 bits per heavy atom. The molecule has 26 heavy (non-hydrogen) atoms. The molecule has 0 saturated heterocycles. The molecule has 0 radical (unpaired) electrons. The number of rotatable bonds is 4. The van der Waals surface area contributed by atoms with Gasteiger partial charge in [-0.2, -0.15) is 5.10 Å². The lowest BCUT2D eigenvalue weighted by molar-refractivity contribution is -0.143. The Hall–Kier alpha value is -3.02. The first-order valence-electron chi connectivity index (χ1n) is 8.55. The summed E-state index contributed by atoms with van der Waals surface area (Å²) in [5.41, 5.74) is 5.16. The number of hydrogen-bond acceptors (Lipinski definition) is 5. The van der Waals surface area contributed by atoms with Crippen molar-refractivity contribution in [3.8, 4) is 22.5 Å². The lowest BCUT2D eigenvalue weighted by Crippen LogP contribution is -2.21. The molecule has 4 rings (SSSR count). The summed E-state index contributed by atoms with van der Waals surface area (Å²) in [7, 11) is 3.35. The fourth-order valence-electron chi connectivity index (χ4n) is 3.26. The highest BCUT2D eigenvalue weighted by Gasteiger charge is 2.52. The number of methoxy groups -OCH3 is 1. The van der Waals surface area contributed by atoms with E-state index in [0.717, 1.165) is 46.6 Å². The predicted molar refractivity (Wildman–Crippen MR) is 97.3 cm³/mol. The SMILES string of the molecule is COC(=O)C1(c2ccc(-c3cnc(-c4cnn(C)c4C)cn3)cc2)CC1. The van der Waals surface area contributed by atoms with Gasteiger partial charge in [-0.15, -0.1) is 0 Å². The largest absolute Gasteiger partial charge is 0.468 e.